The molecule has 0 atom stereocenters. The van der Waals surface area contributed by atoms with Gasteiger partial charge in [0.25, 0.3) is 0 Å². The molecule has 9 nitrogen and oxygen atoms in total. The number of halogens is 1. The molecule has 2 heterocycles. The van der Waals surface area contributed by atoms with E-state index in [0.717, 1.165) is 23.6 Å². The van der Waals surface area contributed by atoms with Crippen molar-refractivity contribution in [3.8, 4) is 11.6 Å². The molecule has 0 unspecified atom stereocenters. The Hall–Kier alpha value is -2.59. The number of benzene rings is 1. The lowest BCUT2D eigenvalue weighted by Gasteiger charge is -2.16. The van der Waals surface area contributed by atoms with E-state index in [-0.39, 0.29) is 16.2 Å². The summed E-state index contributed by atoms with van der Waals surface area (Å²) >= 11 is 7.18. The van der Waals surface area contributed by atoms with Gasteiger partial charge in [-0.2, -0.15) is 4.98 Å². The van der Waals surface area contributed by atoms with Crippen LogP contribution in [0.1, 0.15) is 5.56 Å². The number of nitro groups is 1. The number of rotatable bonds is 6. The lowest BCUT2D eigenvalue weighted by atomic mass is 10.1. The molecule has 0 amide bonds. The number of nitrogens with one attached hydrogen (secondary N) is 1. The van der Waals surface area contributed by atoms with Crippen molar-refractivity contribution >= 4 is 40.6 Å². The third-order valence-electron chi connectivity index (χ3n) is 3.72. The van der Waals surface area contributed by atoms with Crippen molar-refractivity contribution < 1.29 is 9.66 Å². The van der Waals surface area contributed by atoms with Crippen molar-refractivity contribution in [2.45, 2.75) is 5.16 Å². The first-order valence-electron chi connectivity index (χ1n) is 7.94. The SMILES string of the molecule is CSc1nc(Cl)c([N+](=O)[O-])c(Oc2cc(C3=NCCN3)cc(N(C)C)c2)n1. The van der Waals surface area contributed by atoms with E-state index in [2.05, 4.69) is 20.3 Å². The van der Waals surface area contributed by atoms with Crippen LogP contribution in [-0.2, 0) is 0 Å². The van der Waals surface area contributed by atoms with E-state index in [0.29, 0.717) is 12.3 Å². The Morgan fingerprint density at radius 1 is 1.33 bits per heavy atom. The van der Waals surface area contributed by atoms with Gasteiger partial charge < -0.3 is 15.0 Å². The van der Waals surface area contributed by atoms with Crippen molar-refractivity contribution in [3.05, 3.63) is 39.0 Å². The maximum Gasteiger partial charge on any atom is 0.368 e. The molecule has 0 saturated heterocycles. The molecule has 11 heteroatoms. The highest BCUT2D eigenvalue weighted by molar-refractivity contribution is 7.98. The van der Waals surface area contributed by atoms with Gasteiger partial charge in [-0.3, -0.25) is 15.1 Å². The molecule has 1 aliphatic heterocycles. The number of amidine groups is 1. The lowest BCUT2D eigenvalue weighted by Crippen LogP contribution is -2.20. The fourth-order valence-corrected chi connectivity index (χ4v) is 3.08. The predicted octanol–water partition coefficient (Wildman–Crippen LogP) is 2.97. The Morgan fingerprint density at radius 2 is 2.11 bits per heavy atom. The lowest BCUT2D eigenvalue weighted by molar-refractivity contribution is -0.386. The van der Waals surface area contributed by atoms with Crippen LogP contribution in [-0.4, -0.2) is 54.2 Å². The van der Waals surface area contributed by atoms with Gasteiger partial charge in [0.2, 0.25) is 5.15 Å². The van der Waals surface area contributed by atoms with E-state index in [1.807, 2.05) is 25.1 Å². The van der Waals surface area contributed by atoms with Gasteiger partial charge in [0.15, 0.2) is 5.16 Å². The number of ether oxygens (including phenoxy) is 1. The van der Waals surface area contributed by atoms with E-state index in [4.69, 9.17) is 16.3 Å². The minimum Gasteiger partial charge on any atom is -0.433 e. The van der Waals surface area contributed by atoms with Crippen molar-refractivity contribution in [1.82, 2.24) is 15.3 Å². The molecular weight excluding hydrogens is 392 g/mol. The van der Waals surface area contributed by atoms with Gasteiger partial charge in [-0.05, 0) is 18.4 Å². The Bertz CT molecular complexity index is 921. The smallest absolute Gasteiger partial charge is 0.368 e. The molecule has 0 radical (unpaired) electrons. The number of thioether (sulfide) groups is 1. The van der Waals surface area contributed by atoms with Crippen LogP contribution >= 0.6 is 23.4 Å². The number of nitrogens with zero attached hydrogens (tertiary/aromatic N) is 5. The van der Waals surface area contributed by atoms with Gasteiger partial charge in [-0.25, -0.2) is 4.98 Å². The summed E-state index contributed by atoms with van der Waals surface area (Å²) in [6.07, 6.45) is 1.75. The van der Waals surface area contributed by atoms with Gasteiger partial charge >= 0.3 is 11.6 Å². The van der Waals surface area contributed by atoms with Gasteiger partial charge in [-0.15, -0.1) is 0 Å². The van der Waals surface area contributed by atoms with E-state index in [1.165, 1.54) is 11.8 Å². The fraction of sp³-hybridized carbons (Fsp3) is 0.312. The average molecular weight is 409 g/mol. The van der Waals surface area contributed by atoms with Crippen molar-refractivity contribution in [1.29, 1.82) is 0 Å². The average Bonchev–Trinajstić information content (AvgIpc) is 3.15. The monoisotopic (exact) mass is 408 g/mol. The summed E-state index contributed by atoms with van der Waals surface area (Å²) in [5, 5.41) is 14.6. The standard InChI is InChI=1S/C16H17ClN6O3S/c1-22(2)10-6-9(14-18-4-5-19-14)7-11(8-10)26-15-12(23(24)25)13(17)20-16(21-15)27-3/h6-8H,4-5H2,1-3H3,(H,18,19). The first-order valence-corrected chi connectivity index (χ1v) is 9.54. The van der Waals surface area contributed by atoms with Crippen LogP contribution in [0.2, 0.25) is 5.15 Å². The minimum absolute atomic E-state index is 0.201. The second-order valence-corrected chi connectivity index (χ2v) is 6.91. The van der Waals surface area contributed by atoms with Crippen molar-refractivity contribution in [2.75, 3.05) is 38.3 Å². The van der Waals surface area contributed by atoms with E-state index in [9.17, 15) is 10.1 Å². The molecule has 0 aliphatic carbocycles. The largest absolute Gasteiger partial charge is 0.433 e. The highest BCUT2D eigenvalue weighted by atomic mass is 35.5. The Kier molecular flexibility index (Phi) is 5.66. The summed E-state index contributed by atoms with van der Waals surface area (Å²) < 4.78 is 5.79. The third kappa shape index (κ3) is 4.22. The summed E-state index contributed by atoms with van der Waals surface area (Å²) in [5.41, 5.74) is 1.20. The highest BCUT2D eigenvalue weighted by Crippen LogP contribution is 2.37. The zero-order valence-corrected chi connectivity index (χ0v) is 16.5. The van der Waals surface area contributed by atoms with E-state index >= 15 is 0 Å². The van der Waals surface area contributed by atoms with Gasteiger partial charge in [0.1, 0.15) is 11.6 Å². The number of hydrogen-bond donors (Lipinski definition) is 1. The maximum atomic E-state index is 11.4. The molecule has 1 aromatic heterocycles. The molecule has 3 rings (SSSR count). The quantitative estimate of drug-likeness (QED) is 0.255. The summed E-state index contributed by atoms with van der Waals surface area (Å²) in [4.78, 5) is 25.1. The Morgan fingerprint density at radius 3 is 2.70 bits per heavy atom. The van der Waals surface area contributed by atoms with Crippen LogP contribution in [0, 0.1) is 10.1 Å². The zero-order valence-electron chi connectivity index (χ0n) is 14.9. The highest BCUT2D eigenvalue weighted by Gasteiger charge is 2.26. The first-order chi connectivity index (χ1) is 12.9. The molecule has 1 aromatic carbocycles. The molecule has 0 bridgehead atoms. The summed E-state index contributed by atoms with van der Waals surface area (Å²) in [7, 11) is 3.78. The Balaban J connectivity index is 2.07. The van der Waals surface area contributed by atoms with Gasteiger partial charge in [-0.1, -0.05) is 23.4 Å². The summed E-state index contributed by atoms with van der Waals surface area (Å²) in [5.74, 6) is 0.939. The van der Waals surface area contributed by atoms with Crippen LogP contribution in [0.4, 0.5) is 11.4 Å². The van der Waals surface area contributed by atoms with Crippen molar-refractivity contribution in [3.63, 3.8) is 0 Å². The molecule has 142 valence electrons. The molecule has 27 heavy (non-hydrogen) atoms. The second kappa shape index (κ2) is 7.97. The summed E-state index contributed by atoms with van der Waals surface area (Å²) in [6, 6.07) is 5.47. The number of aromatic nitrogens is 2. The van der Waals surface area contributed by atoms with E-state index in [1.54, 1.807) is 18.4 Å². The molecule has 1 aliphatic rings. The van der Waals surface area contributed by atoms with Gasteiger partial charge in [0, 0.05) is 38.0 Å². The number of aliphatic imine (C=N–C) groups is 1. The zero-order chi connectivity index (χ0) is 19.6. The fourth-order valence-electron chi connectivity index (χ4n) is 2.45. The molecule has 0 fully saturated rings. The van der Waals surface area contributed by atoms with Gasteiger partial charge in [0.05, 0.1) is 11.5 Å². The Labute approximate surface area is 165 Å². The predicted molar refractivity (Wildman–Crippen MR) is 106 cm³/mol. The molecule has 0 saturated carbocycles. The summed E-state index contributed by atoms with van der Waals surface area (Å²) in [6.45, 7) is 1.46. The maximum absolute atomic E-state index is 11.4. The normalized spacial score (nSPS) is 13.1. The second-order valence-electron chi connectivity index (χ2n) is 5.78. The third-order valence-corrected chi connectivity index (χ3v) is 4.54. The van der Waals surface area contributed by atoms with Crippen LogP contribution in [0.15, 0.2) is 28.3 Å². The first kappa shape index (κ1) is 19.2. The van der Waals surface area contributed by atoms with Crippen LogP contribution in [0.3, 0.4) is 0 Å². The number of hydrogen-bond acceptors (Lipinski definition) is 9. The molecule has 1 N–H and O–H groups in total. The molecule has 2 aromatic rings. The van der Waals surface area contributed by atoms with Crippen molar-refractivity contribution in [2.24, 2.45) is 4.99 Å². The van der Waals surface area contributed by atoms with E-state index < -0.39 is 10.6 Å². The topological polar surface area (TPSA) is 106 Å². The van der Waals surface area contributed by atoms with Crippen LogP contribution < -0.4 is 15.0 Å². The number of anilines is 1. The molecular formula is C16H17ClN6O3S. The van der Waals surface area contributed by atoms with Crippen LogP contribution in [0.5, 0.6) is 11.6 Å². The minimum atomic E-state index is -0.652. The van der Waals surface area contributed by atoms with Crippen LogP contribution in [0.25, 0.3) is 0 Å². The molecule has 0 spiro atoms.